The fourth-order valence-electron chi connectivity index (χ4n) is 4.30. The molecule has 1 aromatic heterocycles. The molecule has 5 rings (SSSR count). The zero-order chi connectivity index (χ0) is 23.5. The van der Waals surface area contributed by atoms with Gasteiger partial charge in [-0.15, -0.1) is 0 Å². The minimum Gasteiger partial charge on any atom is -0.378 e. The second kappa shape index (κ2) is 10.2. The minimum absolute atomic E-state index is 0.0703. The van der Waals surface area contributed by atoms with E-state index in [0.717, 1.165) is 37.6 Å². The molecule has 0 unspecified atom stereocenters. The number of morpholine rings is 1. The molecule has 2 aromatic carbocycles. The van der Waals surface area contributed by atoms with Crippen molar-refractivity contribution in [3.05, 3.63) is 70.3 Å². The fraction of sp³-hybridized carbons (Fsp3) is 0.320. The van der Waals surface area contributed by atoms with Gasteiger partial charge in [0.05, 0.1) is 18.9 Å². The molecule has 0 spiro atoms. The van der Waals surface area contributed by atoms with Gasteiger partial charge in [0.1, 0.15) is 0 Å². The van der Waals surface area contributed by atoms with Gasteiger partial charge in [0, 0.05) is 72.3 Å². The highest BCUT2D eigenvalue weighted by Crippen LogP contribution is 2.25. The molecule has 0 radical (unpaired) electrons. The molecule has 0 atom stereocenters. The van der Waals surface area contributed by atoms with Crippen LogP contribution in [0.3, 0.4) is 0 Å². The number of piperazine rings is 1. The van der Waals surface area contributed by atoms with E-state index in [0.29, 0.717) is 47.7 Å². The lowest BCUT2D eigenvalue weighted by atomic mass is 10.1. The summed E-state index contributed by atoms with van der Waals surface area (Å²) in [6.07, 6.45) is 1.79. The summed E-state index contributed by atoms with van der Waals surface area (Å²) < 4.78 is 5.44. The van der Waals surface area contributed by atoms with Crippen molar-refractivity contribution in [1.29, 1.82) is 0 Å². The highest BCUT2D eigenvalue weighted by atomic mass is 35.5. The summed E-state index contributed by atoms with van der Waals surface area (Å²) in [5.41, 5.74) is 3.63. The van der Waals surface area contributed by atoms with Gasteiger partial charge in [-0.3, -0.25) is 4.79 Å². The number of ether oxygens (including phenoxy) is 1. The van der Waals surface area contributed by atoms with Crippen LogP contribution in [-0.2, 0) is 4.74 Å². The number of rotatable bonds is 4. The molecule has 3 aromatic rings. The van der Waals surface area contributed by atoms with Crippen LogP contribution in [0.15, 0.2) is 54.7 Å². The number of hydrogen-bond acceptors (Lipinski definition) is 6. The molecule has 0 N–H and O–H groups in total. The smallest absolute Gasteiger partial charge is 0.254 e. The first-order valence-electron chi connectivity index (χ1n) is 11.3. The number of hydrogen-bond donors (Lipinski definition) is 0. The van der Waals surface area contributed by atoms with E-state index < -0.39 is 0 Å². The van der Waals surface area contributed by atoms with E-state index in [1.54, 1.807) is 24.4 Å². The Kier molecular flexibility index (Phi) is 6.85. The molecule has 3 heterocycles. The van der Waals surface area contributed by atoms with Gasteiger partial charge in [0.2, 0.25) is 5.95 Å². The first kappa shape index (κ1) is 22.9. The van der Waals surface area contributed by atoms with Crippen LogP contribution in [0.5, 0.6) is 0 Å². The highest BCUT2D eigenvalue weighted by Gasteiger charge is 2.24. The second-order valence-corrected chi connectivity index (χ2v) is 9.20. The van der Waals surface area contributed by atoms with E-state index in [2.05, 4.69) is 39.0 Å². The lowest BCUT2D eigenvalue weighted by Gasteiger charge is -2.35. The second-order valence-electron chi connectivity index (χ2n) is 8.33. The summed E-state index contributed by atoms with van der Waals surface area (Å²) in [6.45, 7) is 5.81. The van der Waals surface area contributed by atoms with Crippen LogP contribution in [0.25, 0.3) is 11.3 Å². The summed E-state index contributed by atoms with van der Waals surface area (Å²) in [5, 5.41) is 0.912. The number of anilines is 2. The van der Waals surface area contributed by atoms with E-state index in [1.807, 2.05) is 11.0 Å². The first-order chi connectivity index (χ1) is 16.6. The molecule has 0 aliphatic carbocycles. The molecule has 0 bridgehead atoms. The van der Waals surface area contributed by atoms with Gasteiger partial charge in [-0.05, 0) is 36.4 Å². The molecule has 2 saturated heterocycles. The van der Waals surface area contributed by atoms with Gasteiger partial charge in [0.25, 0.3) is 5.91 Å². The molecule has 0 saturated carbocycles. The molecule has 2 fully saturated rings. The zero-order valence-electron chi connectivity index (χ0n) is 18.7. The van der Waals surface area contributed by atoms with Gasteiger partial charge in [-0.2, -0.15) is 0 Å². The van der Waals surface area contributed by atoms with Crippen LogP contribution in [0.4, 0.5) is 11.6 Å². The van der Waals surface area contributed by atoms with E-state index in [-0.39, 0.29) is 5.91 Å². The maximum Gasteiger partial charge on any atom is 0.254 e. The Morgan fingerprint density at radius 3 is 2.18 bits per heavy atom. The average molecular weight is 498 g/mol. The third-order valence-electron chi connectivity index (χ3n) is 6.14. The molecule has 1 amide bonds. The van der Waals surface area contributed by atoms with Gasteiger partial charge in [0.15, 0.2) is 0 Å². The van der Waals surface area contributed by atoms with Crippen LogP contribution < -0.4 is 9.80 Å². The van der Waals surface area contributed by atoms with E-state index in [4.69, 9.17) is 32.9 Å². The van der Waals surface area contributed by atoms with Crippen molar-refractivity contribution in [3.8, 4) is 11.3 Å². The zero-order valence-corrected chi connectivity index (χ0v) is 20.2. The number of amides is 1. The Balaban J connectivity index is 1.24. The average Bonchev–Trinajstić information content (AvgIpc) is 2.88. The van der Waals surface area contributed by atoms with Crippen LogP contribution in [-0.4, -0.2) is 73.3 Å². The van der Waals surface area contributed by atoms with E-state index in [9.17, 15) is 4.79 Å². The van der Waals surface area contributed by atoms with Crippen molar-refractivity contribution in [3.63, 3.8) is 0 Å². The van der Waals surface area contributed by atoms with Crippen molar-refractivity contribution in [2.45, 2.75) is 0 Å². The van der Waals surface area contributed by atoms with Crippen molar-refractivity contribution in [1.82, 2.24) is 14.9 Å². The Morgan fingerprint density at radius 2 is 1.50 bits per heavy atom. The SMILES string of the molecule is O=C(c1cc(Cl)cc(Cl)c1)N1CCN(c2nccc(-c3ccc(N4CCOCC4)cc3)n2)CC1. The Labute approximate surface area is 208 Å². The molecule has 7 nitrogen and oxygen atoms in total. The predicted molar refractivity (Wildman–Crippen MR) is 135 cm³/mol. The number of carbonyl (C=O) groups is 1. The van der Waals surface area contributed by atoms with Gasteiger partial charge in [-0.25, -0.2) is 9.97 Å². The number of nitrogens with zero attached hydrogens (tertiary/aromatic N) is 5. The first-order valence-corrected chi connectivity index (χ1v) is 12.1. The summed E-state index contributed by atoms with van der Waals surface area (Å²) >= 11 is 12.1. The summed E-state index contributed by atoms with van der Waals surface area (Å²) in [4.78, 5) is 28.4. The highest BCUT2D eigenvalue weighted by molar-refractivity contribution is 6.35. The number of benzene rings is 2. The largest absolute Gasteiger partial charge is 0.378 e. The molecule has 2 aliphatic rings. The quantitative estimate of drug-likeness (QED) is 0.536. The molecule has 9 heteroatoms. The fourth-order valence-corrected chi connectivity index (χ4v) is 4.82. The van der Waals surface area contributed by atoms with Crippen molar-refractivity contribution in [2.75, 3.05) is 62.3 Å². The lowest BCUT2D eigenvalue weighted by Crippen LogP contribution is -2.49. The Hall–Kier alpha value is -2.87. The van der Waals surface area contributed by atoms with Crippen molar-refractivity contribution in [2.24, 2.45) is 0 Å². The monoisotopic (exact) mass is 497 g/mol. The maximum atomic E-state index is 12.9. The topological polar surface area (TPSA) is 61.8 Å². The van der Waals surface area contributed by atoms with Crippen molar-refractivity contribution < 1.29 is 9.53 Å². The normalized spacial score (nSPS) is 16.6. The molecule has 2 aliphatic heterocycles. The molecule has 34 heavy (non-hydrogen) atoms. The minimum atomic E-state index is -0.0703. The van der Waals surface area contributed by atoms with Crippen LogP contribution >= 0.6 is 23.2 Å². The summed E-state index contributed by atoms with van der Waals surface area (Å²) in [7, 11) is 0. The van der Waals surface area contributed by atoms with Crippen LogP contribution in [0.2, 0.25) is 10.0 Å². The van der Waals surface area contributed by atoms with E-state index in [1.165, 1.54) is 5.69 Å². The van der Waals surface area contributed by atoms with Crippen LogP contribution in [0.1, 0.15) is 10.4 Å². The lowest BCUT2D eigenvalue weighted by molar-refractivity contribution is 0.0746. The summed E-state index contributed by atoms with van der Waals surface area (Å²) in [6, 6.07) is 15.3. The molecule has 176 valence electrons. The predicted octanol–water partition coefficient (Wildman–Crippen LogP) is 4.25. The number of carbonyl (C=O) groups excluding carboxylic acids is 1. The van der Waals surface area contributed by atoms with Crippen molar-refractivity contribution >= 4 is 40.7 Å². The summed E-state index contributed by atoms with van der Waals surface area (Å²) in [5.74, 6) is 0.603. The Morgan fingerprint density at radius 1 is 0.824 bits per heavy atom. The Bertz CT molecular complexity index is 1140. The molecular weight excluding hydrogens is 473 g/mol. The van der Waals surface area contributed by atoms with Gasteiger partial charge >= 0.3 is 0 Å². The maximum absolute atomic E-state index is 12.9. The third-order valence-corrected chi connectivity index (χ3v) is 6.58. The van der Waals surface area contributed by atoms with E-state index >= 15 is 0 Å². The molecular formula is C25H25Cl2N5O2. The third kappa shape index (κ3) is 5.12. The number of halogens is 2. The van der Waals surface area contributed by atoms with Gasteiger partial charge in [-0.1, -0.05) is 35.3 Å². The number of aromatic nitrogens is 2. The standard InChI is InChI=1S/C25H25Cl2N5O2/c26-20-15-19(16-21(27)17-20)24(33)31-7-9-32(10-8-31)25-28-6-5-23(29-25)18-1-3-22(4-2-18)30-11-13-34-14-12-30/h1-6,15-17H,7-14H2. The van der Waals surface area contributed by atoms with Gasteiger partial charge < -0.3 is 19.4 Å². The van der Waals surface area contributed by atoms with Crippen LogP contribution in [0, 0.1) is 0 Å².